The molecule has 0 amide bonds. The van der Waals surface area contributed by atoms with Crippen LogP contribution in [-0.2, 0) is 0 Å². The Morgan fingerprint density at radius 2 is 1.05 bits per heavy atom. The minimum Gasteiger partial charge on any atom is -0.253 e. The molecule has 0 saturated heterocycles. The Balaban J connectivity index is 0.000000117. The summed E-state index contributed by atoms with van der Waals surface area (Å²) < 4.78 is 0. The van der Waals surface area contributed by atoms with Crippen molar-refractivity contribution >= 4 is 55.2 Å². The van der Waals surface area contributed by atoms with Gasteiger partial charge in [-0.15, -0.1) is 0 Å². The van der Waals surface area contributed by atoms with Crippen molar-refractivity contribution in [3.63, 3.8) is 0 Å². The van der Waals surface area contributed by atoms with Crippen molar-refractivity contribution in [2.45, 2.75) is 34.6 Å². The molecule has 0 atom stereocenters. The Bertz CT molecular complexity index is 2530. The van der Waals surface area contributed by atoms with Gasteiger partial charge >= 0.3 is 0 Å². The number of aryl methyl sites for hydroxylation is 5. The van der Waals surface area contributed by atoms with Crippen LogP contribution in [0, 0.1) is 34.6 Å². The molecule has 15 heteroatoms. The van der Waals surface area contributed by atoms with E-state index >= 15 is 0 Å². The molecule has 0 aliphatic heterocycles. The van der Waals surface area contributed by atoms with Gasteiger partial charge in [-0.05, 0) is 94.3 Å². The van der Waals surface area contributed by atoms with Gasteiger partial charge in [-0.1, -0.05) is 0 Å². The summed E-state index contributed by atoms with van der Waals surface area (Å²) in [6.45, 7) is 9.75. The van der Waals surface area contributed by atoms with Crippen LogP contribution >= 0.6 is 0 Å². The highest BCUT2D eigenvalue weighted by molar-refractivity contribution is 5.76. The van der Waals surface area contributed by atoms with Crippen molar-refractivity contribution in [3.05, 3.63) is 152 Å². The number of hydrogen-bond donors (Lipinski definition) is 0. The fraction of sp³-hybridized carbons (Fsp3) is 0.125. The van der Waals surface area contributed by atoms with Crippen molar-refractivity contribution in [2.75, 3.05) is 0 Å². The monoisotopic (exact) mass is 725 g/mol. The molecule has 15 nitrogen and oxygen atoms in total. The molecule has 0 aliphatic carbocycles. The maximum absolute atomic E-state index is 4.25. The molecule has 10 rings (SSSR count). The van der Waals surface area contributed by atoms with Crippen LogP contribution in [-0.4, -0.2) is 74.8 Å². The fourth-order valence-electron chi connectivity index (χ4n) is 4.95. The SMILES string of the molecule is Cc1ccc2ncncc2n1.Cc1ccnc2cncnc12.Cc1cnc2cncnc2c1.Cc1ncc2ncccc2n1.Cc1ncnc2cccnc12. The molecule has 0 radical (unpaired) electrons. The summed E-state index contributed by atoms with van der Waals surface area (Å²) in [5, 5.41) is 0. The van der Waals surface area contributed by atoms with E-state index in [1.54, 1.807) is 49.7 Å². The number of nitrogens with zero attached hydrogens (tertiary/aromatic N) is 15. The Morgan fingerprint density at radius 1 is 0.382 bits per heavy atom. The van der Waals surface area contributed by atoms with Gasteiger partial charge < -0.3 is 0 Å². The fourth-order valence-corrected chi connectivity index (χ4v) is 4.95. The van der Waals surface area contributed by atoms with Crippen LogP contribution in [0.2, 0.25) is 0 Å². The van der Waals surface area contributed by atoms with Crippen molar-refractivity contribution < 1.29 is 0 Å². The van der Waals surface area contributed by atoms with Gasteiger partial charge in [-0.25, -0.2) is 54.8 Å². The van der Waals surface area contributed by atoms with Gasteiger partial charge in [-0.3, -0.25) is 19.9 Å². The Kier molecular flexibility index (Phi) is 12.4. The lowest BCUT2D eigenvalue weighted by Crippen LogP contribution is -1.88. The Labute approximate surface area is 315 Å². The summed E-state index contributed by atoms with van der Waals surface area (Å²) in [7, 11) is 0. The van der Waals surface area contributed by atoms with E-state index in [0.29, 0.717) is 0 Å². The zero-order valence-corrected chi connectivity index (χ0v) is 30.8. The van der Waals surface area contributed by atoms with Crippen molar-refractivity contribution in [3.8, 4) is 0 Å². The van der Waals surface area contributed by atoms with Crippen LogP contribution in [0.1, 0.15) is 28.3 Å². The van der Waals surface area contributed by atoms with E-state index < -0.39 is 0 Å². The first kappa shape index (κ1) is 37.2. The molecule has 270 valence electrons. The largest absolute Gasteiger partial charge is 0.253 e. The van der Waals surface area contributed by atoms with Gasteiger partial charge in [-0.2, -0.15) is 0 Å². The molecular formula is C40H35N15. The zero-order valence-electron chi connectivity index (χ0n) is 30.8. The number of rotatable bonds is 0. The topological polar surface area (TPSA) is 193 Å². The quantitative estimate of drug-likeness (QED) is 0.161. The molecule has 10 aromatic heterocycles. The number of hydrogen-bond acceptors (Lipinski definition) is 15. The first-order valence-electron chi connectivity index (χ1n) is 17.0. The van der Waals surface area contributed by atoms with Gasteiger partial charge in [0, 0.05) is 30.5 Å². The van der Waals surface area contributed by atoms with Crippen molar-refractivity contribution in [1.29, 1.82) is 0 Å². The second kappa shape index (κ2) is 18.3. The molecule has 0 unspecified atom stereocenters. The molecule has 55 heavy (non-hydrogen) atoms. The first-order chi connectivity index (χ1) is 26.8. The standard InChI is InChI=1S/5C8H7N3/c1-6-2-7-8(10-3-6)4-9-5-11-7;1-6-2-3-10-7-4-9-5-11-8(6)7;1-6-2-3-7-8(11-6)4-9-5-10-7;1-6-8-7(11-5-10-6)3-2-4-9-8;1-6-10-5-8-7(11-6)3-2-4-9-8/h5*2-5H,1H3. The van der Waals surface area contributed by atoms with E-state index in [9.17, 15) is 0 Å². The lowest BCUT2D eigenvalue weighted by atomic mass is 10.2. The van der Waals surface area contributed by atoms with Gasteiger partial charge in [0.05, 0.1) is 58.1 Å². The van der Waals surface area contributed by atoms with Gasteiger partial charge in [0.15, 0.2) is 0 Å². The van der Waals surface area contributed by atoms with Crippen LogP contribution < -0.4 is 0 Å². The molecule has 0 saturated carbocycles. The third kappa shape index (κ3) is 10.3. The van der Waals surface area contributed by atoms with E-state index in [-0.39, 0.29) is 0 Å². The van der Waals surface area contributed by atoms with Gasteiger partial charge in [0.2, 0.25) is 0 Å². The second-order valence-electron chi connectivity index (χ2n) is 11.9. The van der Waals surface area contributed by atoms with E-state index in [1.165, 1.54) is 19.0 Å². The number of aromatic nitrogens is 15. The van der Waals surface area contributed by atoms with E-state index in [1.807, 2.05) is 89.3 Å². The highest BCUT2D eigenvalue weighted by Crippen LogP contribution is 2.11. The van der Waals surface area contributed by atoms with E-state index in [4.69, 9.17) is 0 Å². The summed E-state index contributed by atoms with van der Waals surface area (Å²) in [5.41, 5.74) is 13.0. The summed E-state index contributed by atoms with van der Waals surface area (Å²) >= 11 is 0. The first-order valence-corrected chi connectivity index (χ1v) is 17.0. The third-order valence-electron chi connectivity index (χ3n) is 7.65. The average Bonchev–Trinajstić information content (AvgIpc) is 3.22. The predicted molar refractivity (Wildman–Crippen MR) is 210 cm³/mol. The van der Waals surface area contributed by atoms with Crippen molar-refractivity contribution in [2.24, 2.45) is 0 Å². The number of pyridine rings is 5. The molecule has 10 heterocycles. The third-order valence-corrected chi connectivity index (χ3v) is 7.65. The minimum atomic E-state index is 0.783. The minimum absolute atomic E-state index is 0.783. The summed E-state index contributed by atoms with van der Waals surface area (Å²) in [6, 6.07) is 15.4. The van der Waals surface area contributed by atoms with Crippen LogP contribution in [0.5, 0.6) is 0 Å². The van der Waals surface area contributed by atoms with Gasteiger partial charge in [0.25, 0.3) is 0 Å². The van der Waals surface area contributed by atoms with E-state index in [2.05, 4.69) is 74.8 Å². The second-order valence-corrected chi connectivity index (χ2v) is 11.9. The highest BCUT2D eigenvalue weighted by atomic mass is 14.9. The molecule has 0 N–H and O–H groups in total. The average molecular weight is 726 g/mol. The Hall–Kier alpha value is -7.55. The molecule has 10 aromatic rings. The lowest BCUT2D eigenvalue weighted by molar-refractivity contribution is 1.08. The normalized spacial score (nSPS) is 10.3. The van der Waals surface area contributed by atoms with E-state index in [0.717, 1.165) is 83.5 Å². The maximum Gasteiger partial charge on any atom is 0.126 e. The predicted octanol–water partition coefficient (Wildman–Crippen LogP) is 6.67. The maximum atomic E-state index is 4.25. The Morgan fingerprint density at radius 3 is 1.85 bits per heavy atom. The number of fused-ring (bicyclic) bond motifs is 5. The highest BCUT2D eigenvalue weighted by Gasteiger charge is 1.98. The lowest BCUT2D eigenvalue weighted by Gasteiger charge is -1.96. The molecule has 0 bridgehead atoms. The van der Waals surface area contributed by atoms with Crippen LogP contribution in [0.15, 0.2) is 123 Å². The van der Waals surface area contributed by atoms with Crippen LogP contribution in [0.4, 0.5) is 0 Å². The van der Waals surface area contributed by atoms with Crippen LogP contribution in [0.3, 0.4) is 0 Å². The molecule has 0 fully saturated rings. The van der Waals surface area contributed by atoms with Crippen molar-refractivity contribution in [1.82, 2.24) is 74.8 Å². The molecular weight excluding hydrogens is 691 g/mol. The molecule has 0 spiro atoms. The van der Waals surface area contributed by atoms with Crippen LogP contribution in [0.25, 0.3) is 55.2 Å². The summed E-state index contributed by atoms with van der Waals surface area (Å²) in [5.74, 6) is 0.783. The summed E-state index contributed by atoms with van der Waals surface area (Å²) in [4.78, 5) is 61.0. The zero-order chi connectivity index (χ0) is 38.4. The van der Waals surface area contributed by atoms with Gasteiger partial charge in [0.1, 0.15) is 58.7 Å². The molecule has 0 aliphatic rings. The summed E-state index contributed by atoms with van der Waals surface area (Å²) in [6.07, 6.45) is 20.1. The molecule has 0 aromatic carbocycles. The smallest absolute Gasteiger partial charge is 0.126 e.